The Morgan fingerprint density at radius 3 is 2.80 bits per heavy atom. The molecule has 1 heterocycles. The van der Waals surface area contributed by atoms with Crippen LogP contribution in [0.3, 0.4) is 0 Å². The van der Waals surface area contributed by atoms with Crippen molar-refractivity contribution < 1.29 is 27.4 Å². The summed E-state index contributed by atoms with van der Waals surface area (Å²) in [5.74, 6) is -2.47. The van der Waals surface area contributed by atoms with Crippen molar-refractivity contribution in [3.63, 3.8) is 0 Å². The largest absolute Gasteiger partial charge is 0.478 e. The van der Waals surface area contributed by atoms with E-state index in [1.165, 1.54) is 0 Å². The molecule has 1 atom stereocenters. The molecule has 1 saturated heterocycles. The molecular weight excluding hydrogens is 287 g/mol. The molecule has 1 aliphatic rings. The Labute approximate surface area is 116 Å². The van der Waals surface area contributed by atoms with Gasteiger partial charge in [-0.05, 0) is 37.5 Å². The zero-order chi connectivity index (χ0) is 14.8. The minimum absolute atomic E-state index is 0.115. The summed E-state index contributed by atoms with van der Waals surface area (Å²) in [4.78, 5) is 10.3. The molecule has 1 unspecified atom stereocenters. The number of rotatable bonds is 5. The summed E-state index contributed by atoms with van der Waals surface area (Å²) < 4.78 is 43.1. The van der Waals surface area contributed by atoms with E-state index in [-0.39, 0.29) is 17.4 Å². The Bertz CT molecular complexity index is 605. The lowest BCUT2D eigenvalue weighted by atomic mass is 10.2. The molecular formula is C13H15FO5S. The first-order valence-electron chi connectivity index (χ1n) is 6.27. The van der Waals surface area contributed by atoms with Crippen LogP contribution in [0, 0.1) is 5.82 Å². The van der Waals surface area contributed by atoms with Crippen LogP contribution in [-0.4, -0.2) is 38.0 Å². The van der Waals surface area contributed by atoms with Crippen LogP contribution in [-0.2, 0) is 14.6 Å². The highest BCUT2D eigenvalue weighted by molar-refractivity contribution is 7.91. The molecule has 0 bridgehead atoms. The van der Waals surface area contributed by atoms with Crippen LogP contribution in [0.25, 0.3) is 0 Å². The molecule has 0 saturated carbocycles. The molecule has 1 aliphatic heterocycles. The highest BCUT2D eigenvalue weighted by Gasteiger charge is 2.24. The number of ether oxygens (including phenoxy) is 1. The van der Waals surface area contributed by atoms with Crippen molar-refractivity contribution in [1.82, 2.24) is 0 Å². The van der Waals surface area contributed by atoms with Crippen molar-refractivity contribution in [3.05, 3.63) is 29.6 Å². The predicted molar refractivity (Wildman–Crippen MR) is 69.0 cm³/mol. The van der Waals surface area contributed by atoms with Gasteiger partial charge in [0.05, 0.1) is 17.4 Å². The van der Waals surface area contributed by atoms with Crippen LogP contribution < -0.4 is 0 Å². The monoisotopic (exact) mass is 302 g/mol. The maximum absolute atomic E-state index is 13.6. The number of sulfone groups is 1. The van der Waals surface area contributed by atoms with Gasteiger partial charge in [-0.2, -0.15) is 0 Å². The van der Waals surface area contributed by atoms with Crippen LogP contribution in [0.15, 0.2) is 23.1 Å². The lowest BCUT2D eigenvalue weighted by Crippen LogP contribution is -2.16. The van der Waals surface area contributed by atoms with E-state index in [0.29, 0.717) is 13.0 Å². The number of hydrogen-bond acceptors (Lipinski definition) is 4. The van der Waals surface area contributed by atoms with Crippen molar-refractivity contribution in [2.24, 2.45) is 0 Å². The van der Waals surface area contributed by atoms with Crippen LogP contribution in [0.2, 0.25) is 0 Å². The third-order valence-corrected chi connectivity index (χ3v) is 5.00. The van der Waals surface area contributed by atoms with Gasteiger partial charge in [0.2, 0.25) is 0 Å². The second-order valence-electron chi connectivity index (χ2n) is 4.69. The van der Waals surface area contributed by atoms with Crippen LogP contribution in [0.5, 0.6) is 0 Å². The van der Waals surface area contributed by atoms with Gasteiger partial charge in [-0.1, -0.05) is 0 Å². The average molecular weight is 302 g/mol. The topological polar surface area (TPSA) is 80.7 Å². The molecule has 1 aromatic carbocycles. The number of aromatic carboxylic acids is 1. The van der Waals surface area contributed by atoms with Crippen molar-refractivity contribution in [3.8, 4) is 0 Å². The summed E-state index contributed by atoms with van der Waals surface area (Å²) in [5, 5.41) is 8.83. The Morgan fingerprint density at radius 1 is 1.45 bits per heavy atom. The second-order valence-corrected chi connectivity index (χ2v) is 6.77. The third-order valence-electron chi connectivity index (χ3n) is 3.25. The van der Waals surface area contributed by atoms with E-state index in [9.17, 15) is 17.6 Å². The highest BCUT2D eigenvalue weighted by atomic mass is 32.2. The van der Waals surface area contributed by atoms with Gasteiger partial charge in [-0.25, -0.2) is 17.6 Å². The quantitative estimate of drug-likeness (QED) is 0.898. The van der Waals surface area contributed by atoms with E-state index in [1.807, 2.05) is 0 Å². The third kappa shape index (κ3) is 3.34. The molecule has 1 fully saturated rings. The normalized spacial score (nSPS) is 19.1. The van der Waals surface area contributed by atoms with Gasteiger partial charge in [0.1, 0.15) is 10.7 Å². The molecule has 5 nitrogen and oxygen atoms in total. The summed E-state index contributed by atoms with van der Waals surface area (Å²) in [6.07, 6.45) is 1.87. The molecule has 0 amide bonds. The first-order valence-corrected chi connectivity index (χ1v) is 7.92. The second kappa shape index (κ2) is 5.88. The molecule has 110 valence electrons. The van der Waals surface area contributed by atoms with Crippen molar-refractivity contribution in [1.29, 1.82) is 0 Å². The first-order chi connectivity index (χ1) is 9.40. The van der Waals surface area contributed by atoms with Crippen molar-refractivity contribution >= 4 is 15.8 Å². The molecule has 0 aromatic heterocycles. The molecule has 20 heavy (non-hydrogen) atoms. The zero-order valence-electron chi connectivity index (χ0n) is 10.7. The fourth-order valence-corrected chi connectivity index (χ4v) is 3.61. The summed E-state index contributed by atoms with van der Waals surface area (Å²) >= 11 is 0. The van der Waals surface area contributed by atoms with Crippen LogP contribution >= 0.6 is 0 Å². The summed E-state index contributed by atoms with van der Waals surface area (Å²) in [6, 6.07) is 2.77. The number of carbonyl (C=O) groups is 1. The molecule has 0 radical (unpaired) electrons. The molecule has 7 heteroatoms. The fraction of sp³-hybridized carbons (Fsp3) is 0.462. The maximum atomic E-state index is 13.6. The van der Waals surface area contributed by atoms with E-state index in [0.717, 1.165) is 31.0 Å². The maximum Gasteiger partial charge on any atom is 0.335 e. The van der Waals surface area contributed by atoms with E-state index >= 15 is 0 Å². The molecule has 1 aromatic rings. The number of carboxylic acids is 1. The Kier molecular flexibility index (Phi) is 4.39. The van der Waals surface area contributed by atoms with Gasteiger partial charge in [0, 0.05) is 6.61 Å². The minimum atomic E-state index is -3.85. The van der Waals surface area contributed by atoms with Crippen LogP contribution in [0.4, 0.5) is 4.39 Å². The summed E-state index contributed by atoms with van der Waals surface area (Å²) in [7, 11) is -3.85. The van der Waals surface area contributed by atoms with Crippen LogP contribution in [0.1, 0.15) is 29.6 Å². The predicted octanol–water partition coefficient (Wildman–Crippen LogP) is 1.87. The van der Waals surface area contributed by atoms with Gasteiger partial charge in [0.25, 0.3) is 0 Å². The van der Waals surface area contributed by atoms with Crippen molar-refractivity contribution in [2.45, 2.75) is 30.3 Å². The number of halogens is 1. The van der Waals surface area contributed by atoms with Gasteiger partial charge in [-0.15, -0.1) is 0 Å². The van der Waals surface area contributed by atoms with Gasteiger partial charge in [-0.3, -0.25) is 0 Å². The SMILES string of the molecule is O=C(O)c1ccc(F)c(S(=O)(=O)CCC2CCCO2)c1. The number of hydrogen-bond donors (Lipinski definition) is 1. The molecule has 2 rings (SSSR count). The highest BCUT2D eigenvalue weighted by Crippen LogP contribution is 2.22. The summed E-state index contributed by atoms with van der Waals surface area (Å²) in [6.45, 7) is 0.619. The smallest absolute Gasteiger partial charge is 0.335 e. The number of benzene rings is 1. The zero-order valence-corrected chi connectivity index (χ0v) is 11.5. The van der Waals surface area contributed by atoms with Gasteiger partial charge < -0.3 is 9.84 Å². The lowest BCUT2D eigenvalue weighted by Gasteiger charge is -2.10. The Morgan fingerprint density at radius 2 is 2.20 bits per heavy atom. The standard InChI is InChI=1S/C13H15FO5S/c14-11-4-3-9(13(15)16)8-12(11)20(17,18)7-5-10-2-1-6-19-10/h3-4,8,10H,1-2,5-7H2,(H,15,16). The Balaban J connectivity index is 2.19. The molecule has 0 spiro atoms. The van der Waals surface area contributed by atoms with Crippen molar-refractivity contribution in [2.75, 3.05) is 12.4 Å². The lowest BCUT2D eigenvalue weighted by molar-refractivity contribution is 0.0696. The Hall–Kier alpha value is -1.47. The number of carboxylic acid groups (broad SMARTS) is 1. The summed E-state index contributed by atoms with van der Waals surface area (Å²) in [5.41, 5.74) is -0.248. The van der Waals surface area contributed by atoms with E-state index in [4.69, 9.17) is 9.84 Å². The van der Waals surface area contributed by atoms with E-state index in [1.54, 1.807) is 0 Å². The molecule has 1 N–H and O–H groups in total. The fourth-order valence-electron chi connectivity index (χ4n) is 2.14. The van der Waals surface area contributed by atoms with E-state index < -0.39 is 26.5 Å². The first kappa shape index (κ1) is 14.9. The van der Waals surface area contributed by atoms with E-state index in [2.05, 4.69) is 0 Å². The average Bonchev–Trinajstić information content (AvgIpc) is 2.89. The van der Waals surface area contributed by atoms with Gasteiger partial charge in [0.15, 0.2) is 9.84 Å². The molecule has 0 aliphatic carbocycles. The minimum Gasteiger partial charge on any atom is -0.478 e. The van der Waals surface area contributed by atoms with Gasteiger partial charge >= 0.3 is 5.97 Å².